The number of methoxy groups -OCH3 is 1. The quantitative estimate of drug-likeness (QED) is 0.550. The molecule has 0 aliphatic heterocycles. The normalized spacial score (nSPS) is 12.0. The number of carbonyl (C=O) groups excluding carboxylic acids is 1. The van der Waals surface area contributed by atoms with Crippen molar-refractivity contribution in [1.82, 2.24) is 14.0 Å². The van der Waals surface area contributed by atoms with E-state index in [0.717, 1.165) is 18.0 Å². The molecule has 0 bridgehead atoms. The number of rotatable bonds is 8. The fraction of sp³-hybridized carbons (Fsp3) is 0.312. The van der Waals surface area contributed by atoms with Crippen LogP contribution >= 0.6 is 0 Å². The monoisotopic (exact) mass is 430 g/mol. The maximum absolute atomic E-state index is 12.4. The van der Waals surface area contributed by atoms with E-state index in [1.165, 1.54) is 25.8 Å². The van der Waals surface area contributed by atoms with Crippen molar-refractivity contribution in [1.29, 1.82) is 0 Å². The summed E-state index contributed by atoms with van der Waals surface area (Å²) >= 11 is 0. The van der Waals surface area contributed by atoms with Gasteiger partial charge in [-0.3, -0.25) is 4.79 Å². The molecule has 1 heterocycles. The van der Waals surface area contributed by atoms with Crippen LogP contribution in [0.1, 0.15) is 5.56 Å². The first-order valence-corrected chi connectivity index (χ1v) is 11.0. The second-order valence-corrected chi connectivity index (χ2v) is 9.54. The number of aromatic nitrogens is 1. The minimum Gasteiger partial charge on any atom is -0.495 e. The number of amides is 1. The lowest BCUT2D eigenvalue weighted by Crippen LogP contribution is -2.24. The van der Waals surface area contributed by atoms with Crippen LogP contribution in [0.4, 0.5) is 5.69 Å². The van der Waals surface area contributed by atoms with Crippen LogP contribution in [0.3, 0.4) is 0 Å². The average molecular weight is 431 g/mol. The van der Waals surface area contributed by atoms with Crippen LogP contribution in [0.5, 0.6) is 5.75 Å². The molecular formula is C16H22N4O6S2. The van der Waals surface area contributed by atoms with Gasteiger partial charge in [-0.1, -0.05) is 6.07 Å². The highest BCUT2D eigenvalue weighted by atomic mass is 32.2. The molecule has 0 aliphatic rings. The van der Waals surface area contributed by atoms with Crippen molar-refractivity contribution in [3.05, 3.63) is 36.2 Å². The lowest BCUT2D eigenvalue weighted by molar-refractivity contribution is -0.116. The first kappa shape index (κ1) is 21.9. The molecule has 0 radical (unpaired) electrons. The minimum atomic E-state index is -4.05. The van der Waals surface area contributed by atoms with Crippen molar-refractivity contribution in [2.75, 3.05) is 26.5 Å². The Balaban J connectivity index is 2.36. The van der Waals surface area contributed by atoms with Gasteiger partial charge in [-0.25, -0.2) is 26.3 Å². The number of carbonyl (C=O) groups is 1. The van der Waals surface area contributed by atoms with Crippen molar-refractivity contribution in [2.24, 2.45) is 0 Å². The smallest absolute Gasteiger partial charge is 0.244 e. The second kappa shape index (κ2) is 8.31. The molecule has 10 nitrogen and oxygen atoms in total. The Morgan fingerprint density at radius 3 is 2.04 bits per heavy atom. The summed E-state index contributed by atoms with van der Waals surface area (Å²) in [4.78, 5) is 11.5. The summed E-state index contributed by atoms with van der Waals surface area (Å²) in [6.07, 6.45) is 2.17. The Morgan fingerprint density at radius 1 is 1.04 bits per heavy atom. The molecule has 0 fully saturated rings. The van der Waals surface area contributed by atoms with Gasteiger partial charge in [0.15, 0.2) is 0 Å². The number of benzene rings is 1. The lowest BCUT2D eigenvalue weighted by atomic mass is 10.2. The summed E-state index contributed by atoms with van der Waals surface area (Å²) in [5, 5.41) is 2.67. The Bertz CT molecular complexity index is 1040. The van der Waals surface area contributed by atoms with Crippen LogP contribution in [-0.2, 0) is 31.4 Å². The van der Waals surface area contributed by atoms with Crippen molar-refractivity contribution < 1.29 is 26.4 Å². The van der Waals surface area contributed by atoms with E-state index in [2.05, 4.69) is 14.8 Å². The highest BCUT2D eigenvalue weighted by Crippen LogP contribution is 2.26. The van der Waals surface area contributed by atoms with E-state index in [4.69, 9.17) is 4.74 Å². The molecule has 0 unspecified atom stereocenters. The molecule has 3 N–H and O–H groups in total. The number of aryl methyl sites for hydroxylation is 1. The standard InChI is InChI=1S/C16H22N4O6S2/c1-11-5-6-13(26-4)12(7-11)19-16(21)10-20-8-14(27(22,23)17-2)15(9-20)28(24,25)18-3/h5-9,17-18H,10H2,1-4H3,(H,19,21). The third kappa shape index (κ3) is 4.70. The Labute approximate surface area is 164 Å². The summed E-state index contributed by atoms with van der Waals surface area (Å²) in [7, 11) is -4.31. The topological polar surface area (TPSA) is 136 Å². The summed E-state index contributed by atoms with van der Waals surface area (Å²) in [6.45, 7) is 1.55. The van der Waals surface area contributed by atoms with Gasteiger partial charge in [0, 0.05) is 12.4 Å². The summed E-state index contributed by atoms with van der Waals surface area (Å²) in [5.41, 5.74) is 1.35. The van der Waals surface area contributed by atoms with Gasteiger partial charge in [0.25, 0.3) is 0 Å². The van der Waals surface area contributed by atoms with Crippen molar-refractivity contribution in [2.45, 2.75) is 23.3 Å². The van der Waals surface area contributed by atoms with Gasteiger partial charge in [-0.05, 0) is 38.7 Å². The van der Waals surface area contributed by atoms with E-state index in [9.17, 15) is 21.6 Å². The lowest BCUT2D eigenvalue weighted by Gasteiger charge is -2.11. The van der Waals surface area contributed by atoms with E-state index in [-0.39, 0.29) is 6.54 Å². The third-order valence-corrected chi connectivity index (χ3v) is 6.89. The molecule has 0 aliphatic carbocycles. The largest absolute Gasteiger partial charge is 0.495 e. The van der Waals surface area contributed by atoms with Crippen molar-refractivity contribution in [3.63, 3.8) is 0 Å². The molecular weight excluding hydrogens is 408 g/mol. The molecule has 0 saturated carbocycles. The van der Waals surface area contributed by atoms with E-state index in [1.54, 1.807) is 12.1 Å². The zero-order valence-electron chi connectivity index (χ0n) is 15.8. The molecule has 12 heteroatoms. The second-order valence-electron chi connectivity index (χ2n) is 5.83. The molecule has 154 valence electrons. The van der Waals surface area contributed by atoms with Gasteiger partial charge in [0.2, 0.25) is 26.0 Å². The first-order valence-electron chi connectivity index (χ1n) is 8.05. The van der Waals surface area contributed by atoms with Gasteiger partial charge in [-0.15, -0.1) is 0 Å². The van der Waals surface area contributed by atoms with Crippen LogP contribution < -0.4 is 19.5 Å². The van der Waals surface area contributed by atoms with E-state index < -0.39 is 35.7 Å². The van der Waals surface area contributed by atoms with Crippen LogP contribution in [0.15, 0.2) is 40.4 Å². The number of nitrogens with one attached hydrogen (secondary N) is 3. The maximum atomic E-state index is 12.4. The fourth-order valence-electron chi connectivity index (χ4n) is 2.46. The van der Waals surface area contributed by atoms with E-state index in [1.807, 2.05) is 13.0 Å². The predicted molar refractivity (Wildman–Crippen MR) is 103 cm³/mol. The molecule has 2 rings (SSSR count). The zero-order chi connectivity index (χ0) is 21.1. The fourth-order valence-corrected chi connectivity index (χ4v) is 4.74. The van der Waals surface area contributed by atoms with Gasteiger partial charge >= 0.3 is 0 Å². The molecule has 0 saturated heterocycles. The summed E-state index contributed by atoms with van der Waals surface area (Å²) in [5.74, 6) is -0.0240. The van der Waals surface area contributed by atoms with Crippen LogP contribution in [0, 0.1) is 6.92 Å². The average Bonchev–Trinajstić information content (AvgIpc) is 3.07. The molecule has 1 aromatic carbocycles. The molecule has 1 amide bonds. The summed E-state index contributed by atoms with van der Waals surface area (Å²) < 4.78 is 59.2. The number of hydrogen-bond acceptors (Lipinski definition) is 6. The van der Waals surface area contributed by atoms with E-state index >= 15 is 0 Å². The highest BCUT2D eigenvalue weighted by Gasteiger charge is 2.27. The molecule has 0 atom stereocenters. The first-order chi connectivity index (χ1) is 13.0. The predicted octanol–water partition coefficient (Wildman–Crippen LogP) is 0.260. The van der Waals surface area contributed by atoms with Crippen LogP contribution in [-0.4, -0.2) is 48.5 Å². The zero-order valence-corrected chi connectivity index (χ0v) is 17.4. The number of anilines is 1. The van der Waals surface area contributed by atoms with Crippen molar-refractivity contribution in [3.8, 4) is 5.75 Å². The van der Waals surface area contributed by atoms with E-state index in [0.29, 0.717) is 11.4 Å². The molecule has 28 heavy (non-hydrogen) atoms. The summed E-state index contributed by atoms with van der Waals surface area (Å²) in [6, 6.07) is 5.25. The molecule has 1 aromatic heterocycles. The van der Waals surface area contributed by atoms with Gasteiger partial charge in [0.1, 0.15) is 22.1 Å². The van der Waals surface area contributed by atoms with Crippen molar-refractivity contribution >= 4 is 31.6 Å². The van der Waals surface area contributed by atoms with Crippen LogP contribution in [0.2, 0.25) is 0 Å². The SMILES string of the molecule is CNS(=O)(=O)c1cn(CC(=O)Nc2cc(C)ccc2OC)cc1S(=O)(=O)NC. The van der Waals surface area contributed by atoms with Gasteiger partial charge in [-0.2, -0.15) is 0 Å². The minimum absolute atomic E-state index is 0.303. The number of hydrogen-bond donors (Lipinski definition) is 3. The van der Waals surface area contributed by atoms with Gasteiger partial charge < -0.3 is 14.6 Å². The third-order valence-electron chi connectivity index (χ3n) is 3.88. The molecule has 0 spiro atoms. The number of ether oxygens (including phenoxy) is 1. The van der Waals surface area contributed by atoms with Crippen LogP contribution in [0.25, 0.3) is 0 Å². The highest BCUT2D eigenvalue weighted by molar-refractivity contribution is 7.92. The number of sulfonamides is 2. The number of nitrogens with zero attached hydrogens (tertiary/aromatic N) is 1. The van der Waals surface area contributed by atoms with Gasteiger partial charge in [0.05, 0.1) is 12.8 Å². The molecule has 2 aromatic rings. The maximum Gasteiger partial charge on any atom is 0.244 e. The Kier molecular flexibility index (Phi) is 6.49. The Morgan fingerprint density at radius 2 is 1.57 bits per heavy atom. The Hall–Kier alpha value is -2.41.